The Labute approximate surface area is 143 Å². The van der Waals surface area contributed by atoms with Gasteiger partial charge in [-0.15, -0.1) is 0 Å². The van der Waals surface area contributed by atoms with Gasteiger partial charge in [0.25, 0.3) is 0 Å². The minimum atomic E-state index is -0.553. The number of aliphatic hydroxyl groups is 1. The molecule has 24 heavy (non-hydrogen) atoms. The molecule has 5 heteroatoms. The van der Waals surface area contributed by atoms with Crippen LogP contribution in [0.25, 0.3) is 0 Å². The topological polar surface area (TPSA) is 72.8 Å². The Morgan fingerprint density at radius 3 is 2.83 bits per heavy atom. The summed E-state index contributed by atoms with van der Waals surface area (Å²) in [6, 6.07) is 0. The van der Waals surface area contributed by atoms with E-state index in [1.54, 1.807) is 19.9 Å². The summed E-state index contributed by atoms with van der Waals surface area (Å²) in [5.74, 6) is -1.45. The normalized spacial score (nSPS) is 32.3. The predicted molar refractivity (Wildman–Crippen MR) is 90.0 cm³/mol. The van der Waals surface area contributed by atoms with Crippen LogP contribution in [-0.4, -0.2) is 35.9 Å². The van der Waals surface area contributed by atoms with Crippen molar-refractivity contribution in [2.75, 3.05) is 6.61 Å². The number of carbonyl (C=O) groups excluding carboxylic acids is 2. The summed E-state index contributed by atoms with van der Waals surface area (Å²) in [4.78, 5) is 24.1. The fraction of sp³-hybridized carbons (Fsp3) is 0.579. The monoisotopic (exact) mass is 334 g/mol. The molecule has 2 aliphatic rings. The summed E-state index contributed by atoms with van der Waals surface area (Å²) in [7, 11) is 0. The molecule has 0 unspecified atom stereocenters. The van der Waals surface area contributed by atoms with Crippen LogP contribution in [0.15, 0.2) is 35.5 Å². The molecule has 0 saturated carbocycles. The molecule has 1 aliphatic carbocycles. The lowest BCUT2D eigenvalue weighted by Crippen LogP contribution is -2.34. The van der Waals surface area contributed by atoms with Gasteiger partial charge in [0, 0.05) is 12.0 Å². The third-order valence-electron chi connectivity index (χ3n) is 4.49. The molecule has 3 atom stereocenters. The first-order chi connectivity index (χ1) is 11.3. The van der Waals surface area contributed by atoms with E-state index in [1.807, 2.05) is 6.92 Å². The molecule has 1 saturated heterocycles. The Morgan fingerprint density at radius 1 is 1.50 bits per heavy atom. The zero-order valence-electron chi connectivity index (χ0n) is 14.6. The van der Waals surface area contributed by atoms with Gasteiger partial charge < -0.3 is 14.6 Å². The van der Waals surface area contributed by atoms with Crippen molar-refractivity contribution in [2.24, 2.45) is 11.8 Å². The van der Waals surface area contributed by atoms with Crippen molar-refractivity contribution in [3.63, 3.8) is 0 Å². The average molecular weight is 334 g/mol. The lowest BCUT2D eigenvalue weighted by atomic mass is 9.85. The van der Waals surface area contributed by atoms with Gasteiger partial charge in [-0.2, -0.15) is 0 Å². The van der Waals surface area contributed by atoms with Crippen LogP contribution < -0.4 is 0 Å². The highest BCUT2D eigenvalue weighted by molar-refractivity contribution is 5.91. The molecule has 0 radical (unpaired) electrons. The van der Waals surface area contributed by atoms with E-state index in [-0.39, 0.29) is 18.5 Å². The number of allylic oxidation sites excluding steroid dienone is 1. The largest absolute Gasteiger partial charge is 0.461 e. The number of aliphatic hydroxyl groups excluding tert-OH is 1. The second kappa shape index (κ2) is 7.79. The Kier molecular flexibility index (Phi) is 5.99. The second-order valence-electron chi connectivity index (χ2n) is 6.83. The molecular formula is C19H26O5. The molecule has 0 aromatic rings. The molecule has 1 N–H and O–H groups in total. The lowest BCUT2D eigenvalue weighted by molar-refractivity contribution is -0.155. The van der Waals surface area contributed by atoms with E-state index in [0.717, 1.165) is 17.6 Å². The number of hydrogen-bond donors (Lipinski definition) is 1. The number of fused-ring (bicyclic) bond motifs is 1. The first-order valence-electron chi connectivity index (χ1n) is 8.39. The quantitative estimate of drug-likeness (QED) is 0.488. The highest BCUT2D eigenvalue weighted by atomic mass is 16.6. The molecule has 0 bridgehead atoms. The van der Waals surface area contributed by atoms with Gasteiger partial charge in [-0.3, -0.25) is 4.79 Å². The highest BCUT2D eigenvalue weighted by Gasteiger charge is 2.44. The van der Waals surface area contributed by atoms with Gasteiger partial charge in [0.2, 0.25) is 0 Å². The van der Waals surface area contributed by atoms with Crippen molar-refractivity contribution >= 4 is 11.9 Å². The van der Waals surface area contributed by atoms with Crippen molar-refractivity contribution in [1.29, 1.82) is 0 Å². The van der Waals surface area contributed by atoms with Crippen molar-refractivity contribution in [1.82, 2.24) is 0 Å². The predicted octanol–water partition coefficient (Wildman–Crippen LogP) is 2.70. The molecule has 2 rings (SSSR count). The number of carbonyl (C=O) groups is 2. The van der Waals surface area contributed by atoms with Crippen LogP contribution in [0.3, 0.4) is 0 Å². The minimum Gasteiger partial charge on any atom is -0.461 e. The Hall–Kier alpha value is -1.88. The summed E-state index contributed by atoms with van der Waals surface area (Å²) < 4.78 is 11.1. The minimum absolute atomic E-state index is 0.0867. The summed E-state index contributed by atoms with van der Waals surface area (Å²) in [6.45, 7) is 9.29. The molecule has 132 valence electrons. The standard InChI is InChI=1S/C19H26O5/c1-11(2)18(21)23-15-8-12(3)6-5-7-14(10-20)9-16-17(15)13(4)19(22)24-16/h6,9,11,15-17,20H,4-5,7-8,10H2,1-3H3/b12-6+,14-9-/t15-,16+,17+/m0/s1. The molecule has 1 heterocycles. The fourth-order valence-corrected chi connectivity index (χ4v) is 3.06. The van der Waals surface area contributed by atoms with E-state index in [1.165, 1.54) is 0 Å². The molecule has 0 aromatic carbocycles. The maximum absolute atomic E-state index is 12.1. The zero-order valence-corrected chi connectivity index (χ0v) is 14.6. The van der Waals surface area contributed by atoms with Crippen LogP contribution in [0.4, 0.5) is 0 Å². The number of ether oxygens (including phenoxy) is 2. The zero-order chi connectivity index (χ0) is 17.9. The molecule has 5 nitrogen and oxygen atoms in total. The highest BCUT2D eigenvalue weighted by Crippen LogP contribution is 2.36. The van der Waals surface area contributed by atoms with Gasteiger partial charge in [0.15, 0.2) is 0 Å². The number of hydrogen-bond acceptors (Lipinski definition) is 5. The van der Waals surface area contributed by atoms with Crippen LogP contribution in [0, 0.1) is 11.8 Å². The number of rotatable bonds is 3. The molecule has 0 aromatic heterocycles. The van der Waals surface area contributed by atoms with Crippen LogP contribution in [0.5, 0.6) is 0 Å². The maximum atomic E-state index is 12.1. The van der Waals surface area contributed by atoms with Crippen molar-refractivity contribution in [2.45, 2.75) is 52.2 Å². The summed E-state index contributed by atoms with van der Waals surface area (Å²) in [6.07, 6.45) is 4.84. The third-order valence-corrected chi connectivity index (χ3v) is 4.49. The molecule has 1 fully saturated rings. The summed E-state index contributed by atoms with van der Waals surface area (Å²) >= 11 is 0. The van der Waals surface area contributed by atoms with Crippen molar-refractivity contribution in [3.05, 3.63) is 35.5 Å². The van der Waals surface area contributed by atoms with E-state index in [9.17, 15) is 14.7 Å². The van der Waals surface area contributed by atoms with Crippen molar-refractivity contribution in [3.8, 4) is 0 Å². The SMILES string of the molecule is C=C1C(=O)O[C@@H]2/C=C(\CO)CC/C=C(\C)C[C@H](OC(=O)C(C)C)[C@@H]12. The summed E-state index contributed by atoms with van der Waals surface area (Å²) in [5.41, 5.74) is 2.22. The smallest absolute Gasteiger partial charge is 0.334 e. The maximum Gasteiger partial charge on any atom is 0.334 e. The first-order valence-corrected chi connectivity index (χ1v) is 8.39. The van der Waals surface area contributed by atoms with E-state index in [2.05, 4.69) is 12.7 Å². The van der Waals surface area contributed by atoms with E-state index in [4.69, 9.17) is 9.47 Å². The Bertz CT molecular complexity index is 585. The van der Waals surface area contributed by atoms with Crippen molar-refractivity contribution < 1.29 is 24.2 Å². The third kappa shape index (κ3) is 4.15. The molecular weight excluding hydrogens is 308 g/mol. The second-order valence-corrected chi connectivity index (χ2v) is 6.83. The van der Waals surface area contributed by atoms with Gasteiger partial charge in [-0.1, -0.05) is 32.1 Å². The Balaban J connectivity index is 2.39. The van der Waals surface area contributed by atoms with Gasteiger partial charge in [0.05, 0.1) is 18.4 Å². The van der Waals surface area contributed by atoms with E-state index >= 15 is 0 Å². The molecule has 1 aliphatic heterocycles. The van der Waals surface area contributed by atoms with Crippen LogP contribution >= 0.6 is 0 Å². The average Bonchev–Trinajstić information content (AvgIpc) is 2.79. The molecule has 0 spiro atoms. The van der Waals surface area contributed by atoms with Crippen LogP contribution in [-0.2, 0) is 19.1 Å². The van der Waals surface area contributed by atoms with Gasteiger partial charge in [-0.05, 0) is 31.4 Å². The first kappa shape index (κ1) is 18.5. The van der Waals surface area contributed by atoms with E-state index < -0.39 is 24.1 Å². The lowest BCUT2D eigenvalue weighted by Gasteiger charge is -2.28. The fourth-order valence-electron chi connectivity index (χ4n) is 3.06. The van der Waals surface area contributed by atoms with Gasteiger partial charge >= 0.3 is 11.9 Å². The Morgan fingerprint density at radius 2 is 2.21 bits per heavy atom. The van der Waals surface area contributed by atoms with Crippen LogP contribution in [0.2, 0.25) is 0 Å². The van der Waals surface area contributed by atoms with Gasteiger partial charge in [-0.25, -0.2) is 4.79 Å². The van der Waals surface area contributed by atoms with Crippen LogP contribution in [0.1, 0.15) is 40.0 Å². The number of esters is 2. The molecule has 0 amide bonds. The van der Waals surface area contributed by atoms with Gasteiger partial charge in [0.1, 0.15) is 12.2 Å². The summed E-state index contributed by atoms with van der Waals surface area (Å²) in [5, 5.41) is 9.53. The van der Waals surface area contributed by atoms with E-state index in [0.29, 0.717) is 18.4 Å².